The highest BCUT2D eigenvalue weighted by Gasteiger charge is 2.39. The Kier molecular flexibility index (Phi) is 5.53. The van der Waals surface area contributed by atoms with E-state index in [1.165, 1.54) is 23.3 Å². The molecule has 0 aliphatic heterocycles. The van der Waals surface area contributed by atoms with Crippen molar-refractivity contribution in [3.05, 3.63) is 71.4 Å². The van der Waals surface area contributed by atoms with E-state index < -0.39 is 0 Å². The maximum atomic E-state index is 13.2. The summed E-state index contributed by atoms with van der Waals surface area (Å²) in [6.07, 6.45) is 7.19. The van der Waals surface area contributed by atoms with Crippen LogP contribution in [0, 0.1) is 5.82 Å². The van der Waals surface area contributed by atoms with Crippen LogP contribution in [0.1, 0.15) is 61.6 Å². The second-order valence-electron chi connectivity index (χ2n) is 8.51. The average Bonchev–Trinajstić information content (AvgIpc) is 3.51. The van der Waals surface area contributed by atoms with Crippen LogP contribution in [0.25, 0.3) is 11.4 Å². The molecule has 5 nitrogen and oxygen atoms in total. The largest absolute Gasteiger partial charge is 0.339 e. The summed E-state index contributed by atoms with van der Waals surface area (Å²) in [5, 5.41) is 3.98. The van der Waals surface area contributed by atoms with Gasteiger partial charge < -0.3 is 9.42 Å². The lowest BCUT2D eigenvalue weighted by Gasteiger charge is -2.36. The third-order valence-electron chi connectivity index (χ3n) is 6.25. The van der Waals surface area contributed by atoms with E-state index in [2.05, 4.69) is 39.3 Å². The lowest BCUT2D eigenvalue weighted by molar-refractivity contribution is -0.134. The Morgan fingerprint density at radius 1 is 1.10 bits per heavy atom. The summed E-state index contributed by atoms with van der Waals surface area (Å²) in [6, 6.07) is 15.2. The minimum absolute atomic E-state index is 0.207. The summed E-state index contributed by atoms with van der Waals surface area (Å²) < 4.78 is 18.4. The van der Waals surface area contributed by atoms with Crippen molar-refractivity contribution in [2.24, 2.45) is 0 Å². The summed E-state index contributed by atoms with van der Waals surface area (Å²) in [7, 11) is 0. The molecule has 1 unspecified atom stereocenters. The Morgan fingerprint density at radius 3 is 2.71 bits per heavy atom. The molecule has 2 aromatic carbocycles. The van der Waals surface area contributed by atoms with Crippen molar-refractivity contribution in [3.8, 4) is 11.4 Å². The van der Waals surface area contributed by atoms with Crippen LogP contribution in [0.3, 0.4) is 0 Å². The molecule has 0 bridgehead atoms. The molecular weight excluding hydrogens is 393 g/mol. The van der Waals surface area contributed by atoms with Crippen molar-refractivity contribution < 1.29 is 13.7 Å². The number of hydrogen-bond acceptors (Lipinski definition) is 4. The molecule has 1 heterocycles. The van der Waals surface area contributed by atoms with Gasteiger partial charge in [0.1, 0.15) is 5.82 Å². The fourth-order valence-electron chi connectivity index (χ4n) is 4.59. The molecule has 3 aromatic rings. The van der Waals surface area contributed by atoms with Gasteiger partial charge in [0.05, 0.1) is 6.04 Å². The lowest BCUT2D eigenvalue weighted by Crippen LogP contribution is -2.38. The Balaban J connectivity index is 1.22. The second-order valence-corrected chi connectivity index (χ2v) is 8.51. The summed E-state index contributed by atoms with van der Waals surface area (Å²) in [6.45, 7) is 0. The highest BCUT2D eigenvalue weighted by Crippen LogP contribution is 2.41. The van der Waals surface area contributed by atoms with E-state index in [9.17, 15) is 9.18 Å². The van der Waals surface area contributed by atoms with Crippen LogP contribution in [-0.4, -0.2) is 27.0 Å². The summed E-state index contributed by atoms with van der Waals surface area (Å²) in [4.78, 5) is 19.8. The van der Waals surface area contributed by atoms with Gasteiger partial charge in [-0.1, -0.05) is 29.4 Å². The van der Waals surface area contributed by atoms with E-state index in [0.29, 0.717) is 42.6 Å². The fraction of sp³-hybridized carbons (Fsp3) is 0.400. The zero-order valence-corrected chi connectivity index (χ0v) is 17.5. The van der Waals surface area contributed by atoms with Gasteiger partial charge in [-0.15, -0.1) is 0 Å². The van der Waals surface area contributed by atoms with Crippen LogP contribution >= 0.6 is 0 Å². The number of benzene rings is 2. The number of aryl methyl sites for hydroxylation is 2. The predicted octanol–water partition coefficient (Wildman–Crippen LogP) is 5.27. The fourth-order valence-corrected chi connectivity index (χ4v) is 4.59. The normalized spacial score (nSPS) is 17.9. The quantitative estimate of drug-likeness (QED) is 0.524. The zero-order valence-electron chi connectivity index (χ0n) is 17.5. The minimum Gasteiger partial charge on any atom is -0.339 e. The van der Waals surface area contributed by atoms with Crippen LogP contribution in [0.2, 0.25) is 0 Å². The molecule has 2 aliphatic rings. The number of halogens is 1. The molecule has 0 radical (unpaired) electrons. The smallest absolute Gasteiger partial charge is 0.226 e. The Labute approximate surface area is 181 Å². The minimum atomic E-state index is -0.299. The number of aromatic nitrogens is 2. The van der Waals surface area contributed by atoms with E-state index in [4.69, 9.17) is 4.52 Å². The molecule has 1 fully saturated rings. The molecule has 6 heteroatoms. The van der Waals surface area contributed by atoms with Gasteiger partial charge >= 0.3 is 0 Å². The van der Waals surface area contributed by atoms with Gasteiger partial charge in [0.2, 0.25) is 17.6 Å². The molecule has 0 saturated heterocycles. The van der Waals surface area contributed by atoms with Crippen molar-refractivity contribution in [1.29, 1.82) is 0 Å². The van der Waals surface area contributed by atoms with E-state index in [1.54, 1.807) is 12.1 Å². The first kappa shape index (κ1) is 19.9. The molecule has 5 rings (SSSR count). The third kappa shape index (κ3) is 4.38. The molecule has 1 saturated carbocycles. The molecule has 1 atom stereocenters. The van der Waals surface area contributed by atoms with E-state index in [1.807, 2.05) is 0 Å². The van der Waals surface area contributed by atoms with Crippen LogP contribution < -0.4 is 0 Å². The SMILES string of the molecule is O=C(CCCc1nc(-c2ccc(F)cc2)no1)N(C1CC1)C1CCCc2ccccc21. The van der Waals surface area contributed by atoms with Crippen molar-refractivity contribution >= 4 is 5.91 Å². The first-order chi connectivity index (χ1) is 15.2. The number of rotatable bonds is 7. The summed E-state index contributed by atoms with van der Waals surface area (Å²) in [5.74, 6) is 0.877. The van der Waals surface area contributed by atoms with Gasteiger partial charge in [0, 0.05) is 24.4 Å². The highest BCUT2D eigenvalue weighted by molar-refractivity contribution is 5.77. The van der Waals surface area contributed by atoms with Crippen molar-refractivity contribution in [3.63, 3.8) is 0 Å². The van der Waals surface area contributed by atoms with E-state index in [0.717, 1.165) is 32.1 Å². The monoisotopic (exact) mass is 419 g/mol. The van der Waals surface area contributed by atoms with Crippen molar-refractivity contribution in [1.82, 2.24) is 15.0 Å². The first-order valence-corrected chi connectivity index (χ1v) is 11.2. The number of carbonyl (C=O) groups is 1. The molecule has 1 aromatic heterocycles. The second kappa shape index (κ2) is 8.61. The number of hydrogen-bond donors (Lipinski definition) is 0. The molecule has 160 valence electrons. The maximum absolute atomic E-state index is 13.2. The molecule has 0 spiro atoms. The summed E-state index contributed by atoms with van der Waals surface area (Å²) in [5.41, 5.74) is 3.43. The van der Waals surface area contributed by atoms with Crippen LogP contribution in [0.4, 0.5) is 4.39 Å². The van der Waals surface area contributed by atoms with Crippen molar-refractivity contribution in [2.45, 2.75) is 63.5 Å². The first-order valence-electron chi connectivity index (χ1n) is 11.2. The Hall–Kier alpha value is -3.02. The third-order valence-corrected chi connectivity index (χ3v) is 6.25. The van der Waals surface area contributed by atoms with Gasteiger partial charge in [-0.05, 0) is 73.9 Å². The van der Waals surface area contributed by atoms with Gasteiger partial charge in [-0.3, -0.25) is 4.79 Å². The molecule has 1 amide bonds. The van der Waals surface area contributed by atoms with Gasteiger partial charge in [-0.25, -0.2) is 4.39 Å². The zero-order chi connectivity index (χ0) is 21.2. The Bertz CT molecular complexity index is 1060. The van der Waals surface area contributed by atoms with Crippen molar-refractivity contribution in [2.75, 3.05) is 0 Å². The van der Waals surface area contributed by atoms with E-state index in [-0.39, 0.29) is 17.8 Å². The molecule has 2 aliphatic carbocycles. The van der Waals surface area contributed by atoms with E-state index >= 15 is 0 Å². The molecular formula is C25H26FN3O2. The summed E-state index contributed by atoms with van der Waals surface area (Å²) >= 11 is 0. The molecule has 31 heavy (non-hydrogen) atoms. The lowest BCUT2D eigenvalue weighted by atomic mass is 9.86. The number of nitrogens with zero attached hydrogens (tertiary/aromatic N) is 3. The van der Waals surface area contributed by atoms with Crippen LogP contribution in [-0.2, 0) is 17.6 Å². The predicted molar refractivity (Wildman–Crippen MR) is 115 cm³/mol. The van der Waals surface area contributed by atoms with Crippen LogP contribution in [0.15, 0.2) is 53.1 Å². The topological polar surface area (TPSA) is 59.2 Å². The highest BCUT2D eigenvalue weighted by atomic mass is 19.1. The molecule has 0 N–H and O–H groups in total. The van der Waals surface area contributed by atoms with Crippen LogP contribution in [0.5, 0.6) is 0 Å². The number of amides is 1. The van der Waals surface area contributed by atoms with Gasteiger partial charge in [-0.2, -0.15) is 4.98 Å². The number of carbonyl (C=O) groups excluding carboxylic acids is 1. The standard InChI is InChI=1S/C25H26FN3O2/c26-19-13-11-18(12-14-19)25-27-23(31-28-25)9-4-10-24(30)29(20-15-16-20)22-8-3-6-17-5-1-2-7-21(17)22/h1-2,5,7,11-14,20,22H,3-4,6,8-10,15-16H2. The maximum Gasteiger partial charge on any atom is 0.226 e. The van der Waals surface area contributed by atoms with Gasteiger partial charge in [0.15, 0.2) is 0 Å². The number of fused-ring (bicyclic) bond motifs is 1. The van der Waals surface area contributed by atoms with Gasteiger partial charge in [0.25, 0.3) is 0 Å². The average molecular weight is 420 g/mol. The Morgan fingerprint density at radius 2 is 1.90 bits per heavy atom.